The van der Waals surface area contributed by atoms with Crippen molar-refractivity contribution in [1.82, 2.24) is 4.90 Å². The topological polar surface area (TPSA) is 76.1 Å². The maximum atomic E-state index is 12.3. The molecule has 0 unspecified atom stereocenters. The van der Waals surface area contributed by atoms with Crippen LogP contribution in [0.2, 0.25) is 0 Å². The molecule has 1 aromatic rings. The van der Waals surface area contributed by atoms with Crippen molar-refractivity contribution in [2.45, 2.75) is 6.92 Å². The summed E-state index contributed by atoms with van der Waals surface area (Å²) in [7, 11) is 4.27. The van der Waals surface area contributed by atoms with Crippen molar-refractivity contribution in [3.8, 4) is 11.5 Å². The van der Waals surface area contributed by atoms with E-state index in [2.05, 4.69) is 0 Å². The number of methoxy groups -OCH3 is 2. The number of amides is 1. The van der Waals surface area contributed by atoms with Crippen molar-refractivity contribution in [3.05, 3.63) is 40.6 Å². The van der Waals surface area contributed by atoms with Crippen molar-refractivity contribution >= 4 is 18.0 Å². The predicted octanol–water partition coefficient (Wildman–Crippen LogP) is 1.70. The summed E-state index contributed by atoms with van der Waals surface area (Å²) in [6.45, 7) is 1.66. The molecule has 0 saturated heterocycles. The van der Waals surface area contributed by atoms with E-state index in [1.807, 2.05) is 0 Å². The van der Waals surface area contributed by atoms with Crippen LogP contribution in [0.15, 0.2) is 35.0 Å². The SMILES string of the molecule is COC(=O)C1=C(C)N(C)C(=O)/C1=C\c1cccc(OC)c1O. The average Bonchev–Trinajstić information content (AvgIpc) is 2.73. The van der Waals surface area contributed by atoms with Gasteiger partial charge in [0.1, 0.15) is 0 Å². The molecular weight excluding hydrogens is 286 g/mol. The van der Waals surface area contributed by atoms with Gasteiger partial charge >= 0.3 is 5.97 Å². The van der Waals surface area contributed by atoms with E-state index < -0.39 is 5.97 Å². The molecule has 0 atom stereocenters. The first kappa shape index (κ1) is 15.6. The monoisotopic (exact) mass is 303 g/mol. The average molecular weight is 303 g/mol. The van der Waals surface area contributed by atoms with Gasteiger partial charge in [-0.2, -0.15) is 0 Å². The molecule has 1 N–H and O–H groups in total. The molecule has 1 amide bonds. The first-order valence-electron chi connectivity index (χ1n) is 6.57. The first-order chi connectivity index (χ1) is 10.4. The molecule has 0 spiro atoms. The number of ether oxygens (including phenoxy) is 2. The highest BCUT2D eigenvalue weighted by Crippen LogP contribution is 2.35. The number of likely N-dealkylation sites (N-methyl/N-ethyl adjacent to an activating group) is 1. The number of aromatic hydroxyl groups is 1. The van der Waals surface area contributed by atoms with Crippen LogP contribution in [0.5, 0.6) is 11.5 Å². The van der Waals surface area contributed by atoms with Crippen LogP contribution in [0.25, 0.3) is 6.08 Å². The van der Waals surface area contributed by atoms with E-state index in [1.54, 1.807) is 32.2 Å². The van der Waals surface area contributed by atoms with Crippen LogP contribution < -0.4 is 4.74 Å². The number of hydrogen-bond acceptors (Lipinski definition) is 5. The predicted molar refractivity (Wildman–Crippen MR) is 80.1 cm³/mol. The summed E-state index contributed by atoms with van der Waals surface area (Å²) in [6.07, 6.45) is 1.46. The van der Waals surface area contributed by atoms with Crippen LogP contribution >= 0.6 is 0 Å². The van der Waals surface area contributed by atoms with Crippen molar-refractivity contribution in [2.24, 2.45) is 0 Å². The zero-order valence-electron chi connectivity index (χ0n) is 12.8. The molecule has 1 aliphatic rings. The van der Waals surface area contributed by atoms with Crippen molar-refractivity contribution in [2.75, 3.05) is 21.3 Å². The minimum atomic E-state index is -0.594. The van der Waals surface area contributed by atoms with Gasteiger partial charge in [-0.3, -0.25) is 4.79 Å². The first-order valence-corrected chi connectivity index (χ1v) is 6.57. The second-order valence-corrected chi connectivity index (χ2v) is 4.77. The molecule has 0 aromatic heterocycles. The Balaban J connectivity index is 2.59. The number of phenolic OH excluding ortho intramolecular Hbond substituents is 1. The van der Waals surface area contributed by atoms with E-state index in [0.29, 0.717) is 11.3 Å². The van der Waals surface area contributed by atoms with E-state index in [1.165, 1.54) is 25.2 Å². The largest absolute Gasteiger partial charge is 0.504 e. The standard InChI is InChI=1S/C16H17NO5/c1-9-13(16(20)22-4)11(15(19)17(9)2)8-10-6-5-7-12(21-3)14(10)18/h5-8,18H,1-4H3/b11-8-. The third kappa shape index (κ3) is 2.43. The van der Waals surface area contributed by atoms with Gasteiger partial charge in [0.05, 0.1) is 25.4 Å². The van der Waals surface area contributed by atoms with Crippen molar-refractivity contribution < 1.29 is 24.2 Å². The molecule has 2 rings (SSSR count). The van der Waals surface area contributed by atoms with Crippen LogP contribution in [0.1, 0.15) is 12.5 Å². The Morgan fingerprint density at radius 3 is 2.59 bits per heavy atom. The molecule has 22 heavy (non-hydrogen) atoms. The van der Waals surface area contributed by atoms with Crippen LogP contribution in [0.3, 0.4) is 0 Å². The number of para-hydroxylation sites is 1. The lowest BCUT2D eigenvalue weighted by Crippen LogP contribution is -2.19. The van der Waals surface area contributed by atoms with Gasteiger partial charge in [-0.05, 0) is 19.1 Å². The summed E-state index contributed by atoms with van der Waals surface area (Å²) in [4.78, 5) is 25.6. The molecule has 0 fully saturated rings. The van der Waals surface area contributed by atoms with E-state index in [9.17, 15) is 14.7 Å². The number of esters is 1. The lowest BCUT2D eigenvalue weighted by Gasteiger charge is -2.09. The fraction of sp³-hybridized carbons (Fsp3) is 0.250. The third-order valence-electron chi connectivity index (χ3n) is 3.61. The van der Waals surface area contributed by atoms with Crippen molar-refractivity contribution in [1.29, 1.82) is 0 Å². The minimum Gasteiger partial charge on any atom is -0.504 e. The summed E-state index contributed by atoms with van der Waals surface area (Å²) < 4.78 is 9.78. The van der Waals surface area contributed by atoms with E-state index in [0.717, 1.165) is 0 Å². The number of hydrogen-bond donors (Lipinski definition) is 1. The number of allylic oxidation sites excluding steroid dienone is 1. The number of nitrogens with zero attached hydrogens (tertiary/aromatic N) is 1. The maximum absolute atomic E-state index is 12.3. The van der Waals surface area contributed by atoms with Gasteiger partial charge in [0.2, 0.25) is 0 Å². The van der Waals surface area contributed by atoms with E-state index >= 15 is 0 Å². The molecule has 0 saturated carbocycles. The van der Waals surface area contributed by atoms with Crippen LogP contribution in [-0.4, -0.2) is 43.2 Å². The Bertz CT molecular complexity index is 702. The Morgan fingerprint density at radius 2 is 2.00 bits per heavy atom. The molecule has 1 aromatic carbocycles. The molecule has 1 aliphatic heterocycles. The van der Waals surface area contributed by atoms with E-state index in [4.69, 9.17) is 9.47 Å². The highest BCUT2D eigenvalue weighted by molar-refractivity contribution is 6.16. The molecular formula is C16H17NO5. The number of rotatable bonds is 3. The van der Waals surface area contributed by atoms with Gasteiger partial charge in [0.25, 0.3) is 5.91 Å². The number of phenols is 1. The fourth-order valence-corrected chi connectivity index (χ4v) is 2.27. The second-order valence-electron chi connectivity index (χ2n) is 4.77. The van der Waals surface area contributed by atoms with Crippen LogP contribution in [0, 0.1) is 0 Å². The number of carbonyl (C=O) groups is 2. The summed E-state index contributed by atoms with van der Waals surface area (Å²) in [5, 5.41) is 10.1. The summed E-state index contributed by atoms with van der Waals surface area (Å²) in [5.74, 6) is -0.737. The molecule has 6 heteroatoms. The van der Waals surface area contributed by atoms with Gasteiger partial charge < -0.3 is 19.5 Å². The second kappa shape index (κ2) is 5.93. The van der Waals surface area contributed by atoms with Crippen LogP contribution in [0.4, 0.5) is 0 Å². The highest BCUT2D eigenvalue weighted by Gasteiger charge is 2.35. The molecule has 1 heterocycles. The van der Waals surface area contributed by atoms with Gasteiger partial charge in [-0.15, -0.1) is 0 Å². The Kier molecular flexibility index (Phi) is 4.21. The molecule has 0 radical (unpaired) electrons. The van der Waals surface area contributed by atoms with Gasteiger partial charge in [0.15, 0.2) is 11.5 Å². The zero-order chi connectivity index (χ0) is 16.4. The summed E-state index contributed by atoms with van der Waals surface area (Å²) >= 11 is 0. The van der Waals surface area contributed by atoms with Gasteiger partial charge in [0, 0.05) is 18.3 Å². The van der Waals surface area contributed by atoms with E-state index in [-0.39, 0.29) is 28.6 Å². The van der Waals surface area contributed by atoms with Crippen molar-refractivity contribution in [3.63, 3.8) is 0 Å². The smallest absolute Gasteiger partial charge is 0.340 e. The maximum Gasteiger partial charge on any atom is 0.340 e. The lowest BCUT2D eigenvalue weighted by atomic mass is 10.0. The minimum absolute atomic E-state index is 0.0956. The van der Waals surface area contributed by atoms with Gasteiger partial charge in [-0.25, -0.2) is 4.79 Å². The lowest BCUT2D eigenvalue weighted by molar-refractivity contribution is -0.136. The normalized spacial score (nSPS) is 16.5. The Labute approximate surface area is 128 Å². The summed E-state index contributed by atoms with van der Waals surface area (Å²) in [5.41, 5.74) is 1.25. The molecule has 0 bridgehead atoms. The Hall–Kier alpha value is -2.76. The van der Waals surface area contributed by atoms with Crippen LogP contribution in [-0.2, 0) is 14.3 Å². The number of carbonyl (C=O) groups excluding carboxylic acids is 2. The molecule has 0 aliphatic carbocycles. The number of benzene rings is 1. The fourth-order valence-electron chi connectivity index (χ4n) is 2.27. The third-order valence-corrected chi connectivity index (χ3v) is 3.61. The summed E-state index contributed by atoms with van der Waals surface area (Å²) in [6, 6.07) is 4.91. The highest BCUT2D eigenvalue weighted by atomic mass is 16.5. The Morgan fingerprint density at radius 1 is 1.32 bits per heavy atom. The molecule has 6 nitrogen and oxygen atoms in total. The van der Waals surface area contributed by atoms with Gasteiger partial charge in [-0.1, -0.05) is 12.1 Å². The zero-order valence-corrected chi connectivity index (χ0v) is 12.8. The molecule has 116 valence electrons. The quantitative estimate of drug-likeness (QED) is 0.679.